The molecule has 0 aromatic carbocycles. The number of aliphatic carboxylic acids is 1. The van der Waals surface area contributed by atoms with E-state index in [2.05, 4.69) is 0 Å². The van der Waals surface area contributed by atoms with Crippen molar-refractivity contribution in [3.63, 3.8) is 0 Å². The Kier molecular flexibility index (Phi) is 5.04. The van der Waals surface area contributed by atoms with E-state index in [9.17, 15) is 13.2 Å². The zero-order chi connectivity index (χ0) is 14.8. The Morgan fingerprint density at radius 2 is 1.80 bits per heavy atom. The third-order valence-electron chi connectivity index (χ3n) is 4.44. The van der Waals surface area contributed by atoms with Crippen LogP contribution in [-0.4, -0.2) is 54.3 Å². The molecule has 0 aromatic rings. The highest BCUT2D eigenvalue weighted by Gasteiger charge is 2.36. The molecule has 20 heavy (non-hydrogen) atoms. The van der Waals surface area contributed by atoms with Crippen LogP contribution in [0, 0.1) is 11.8 Å². The zero-order valence-electron chi connectivity index (χ0n) is 12.0. The molecule has 2 heterocycles. The van der Waals surface area contributed by atoms with Gasteiger partial charge in [0.05, 0.1) is 0 Å². The summed E-state index contributed by atoms with van der Waals surface area (Å²) in [6.45, 7) is 4.18. The zero-order valence-corrected chi connectivity index (χ0v) is 12.8. The maximum absolute atomic E-state index is 12.5. The number of carbonyl (C=O) groups is 1. The average molecular weight is 304 g/mol. The van der Waals surface area contributed by atoms with E-state index >= 15 is 0 Å². The van der Waals surface area contributed by atoms with Crippen molar-refractivity contribution in [1.29, 1.82) is 0 Å². The summed E-state index contributed by atoms with van der Waals surface area (Å²) in [5, 5.41) is 8.87. The van der Waals surface area contributed by atoms with Gasteiger partial charge in [0.2, 0.25) is 0 Å². The van der Waals surface area contributed by atoms with Crippen molar-refractivity contribution in [3.8, 4) is 0 Å². The number of rotatable bonds is 5. The second-order valence-corrected chi connectivity index (χ2v) is 7.88. The van der Waals surface area contributed by atoms with E-state index in [0.29, 0.717) is 26.2 Å². The minimum Gasteiger partial charge on any atom is -0.481 e. The van der Waals surface area contributed by atoms with E-state index in [1.54, 1.807) is 8.61 Å². The van der Waals surface area contributed by atoms with Crippen molar-refractivity contribution in [2.75, 3.05) is 26.2 Å². The Labute approximate surface area is 120 Å². The molecule has 0 aromatic heterocycles. The van der Waals surface area contributed by atoms with E-state index in [-0.39, 0.29) is 18.3 Å². The summed E-state index contributed by atoms with van der Waals surface area (Å²) in [6.07, 6.45) is 3.72. The first-order valence-electron chi connectivity index (χ1n) is 7.38. The van der Waals surface area contributed by atoms with Crippen LogP contribution in [0.3, 0.4) is 0 Å². The van der Waals surface area contributed by atoms with Crippen LogP contribution in [0.5, 0.6) is 0 Å². The summed E-state index contributed by atoms with van der Waals surface area (Å²) in [6, 6.07) is 0. The molecule has 2 aliphatic heterocycles. The topological polar surface area (TPSA) is 77.9 Å². The van der Waals surface area contributed by atoms with Gasteiger partial charge in [0.1, 0.15) is 0 Å². The number of piperidine rings is 1. The lowest BCUT2D eigenvalue weighted by Gasteiger charge is -2.36. The van der Waals surface area contributed by atoms with Crippen molar-refractivity contribution >= 4 is 16.2 Å². The van der Waals surface area contributed by atoms with E-state index in [1.807, 2.05) is 6.92 Å². The first kappa shape index (κ1) is 15.7. The Bertz CT molecular complexity index is 445. The third kappa shape index (κ3) is 3.51. The molecular weight excluding hydrogens is 280 g/mol. The Hall–Kier alpha value is -0.660. The highest BCUT2D eigenvalue weighted by Crippen LogP contribution is 2.29. The van der Waals surface area contributed by atoms with Gasteiger partial charge in [-0.05, 0) is 37.5 Å². The summed E-state index contributed by atoms with van der Waals surface area (Å²) in [4.78, 5) is 10.8. The lowest BCUT2D eigenvalue weighted by molar-refractivity contribution is -0.138. The van der Waals surface area contributed by atoms with Gasteiger partial charge in [-0.3, -0.25) is 4.79 Å². The van der Waals surface area contributed by atoms with Crippen LogP contribution in [0.15, 0.2) is 0 Å². The first-order valence-corrected chi connectivity index (χ1v) is 8.78. The van der Waals surface area contributed by atoms with Crippen LogP contribution in [0.2, 0.25) is 0 Å². The molecule has 6 nitrogen and oxygen atoms in total. The van der Waals surface area contributed by atoms with Gasteiger partial charge in [0.15, 0.2) is 0 Å². The van der Waals surface area contributed by atoms with Crippen LogP contribution in [0.1, 0.15) is 39.0 Å². The fraction of sp³-hybridized carbons (Fsp3) is 0.923. The van der Waals surface area contributed by atoms with Gasteiger partial charge in [-0.15, -0.1) is 0 Å². The molecule has 0 radical (unpaired) electrons. The van der Waals surface area contributed by atoms with Gasteiger partial charge in [-0.25, -0.2) is 0 Å². The Morgan fingerprint density at radius 1 is 1.20 bits per heavy atom. The van der Waals surface area contributed by atoms with Crippen molar-refractivity contribution in [2.45, 2.75) is 39.0 Å². The summed E-state index contributed by atoms with van der Waals surface area (Å²) in [5.41, 5.74) is 0. The second kappa shape index (κ2) is 6.41. The SMILES string of the molecule is CC(CC(=O)O)C1CCCN(S(=O)(=O)N2CCCC2)C1. The molecule has 2 aliphatic rings. The standard InChI is InChI=1S/C13H24N2O4S/c1-11(9-13(16)17)12-5-4-8-15(10-12)20(18,19)14-6-2-3-7-14/h11-12H,2-10H2,1H3,(H,16,17). The minimum absolute atomic E-state index is 0.0177. The molecule has 1 N–H and O–H groups in total. The van der Waals surface area contributed by atoms with Gasteiger partial charge in [0.25, 0.3) is 10.2 Å². The van der Waals surface area contributed by atoms with Crippen molar-refractivity contribution in [3.05, 3.63) is 0 Å². The number of hydrogen-bond donors (Lipinski definition) is 1. The highest BCUT2D eigenvalue weighted by molar-refractivity contribution is 7.86. The molecule has 0 bridgehead atoms. The van der Waals surface area contributed by atoms with Crippen molar-refractivity contribution in [1.82, 2.24) is 8.61 Å². The summed E-state index contributed by atoms with van der Waals surface area (Å²) in [7, 11) is -3.34. The molecule has 0 amide bonds. The normalized spacial score (nSPS) is 27.6. The lowest BCUT2D eigenvalue weighted by atomic mass is 9.85. The molecular formula is C13H24N2O4S. The molecule has 2 saturated heterocycles. The number of carboxylic acid groups (broad SMARTS) is 1. The quantitative estimate of drug-likeness (QED) is 0.826. The van der Waals surface area contributed by atoms with Gasteiger partial charge < -0.3 is 5.11 Å². The highest BCUT2D eigenvalue weighted by atomic mass is 32.2. The molecule has 2 unspecified atom stereocenters. The molecule has 2 rings (SSSR count). The third-order valence-corrected chi connectivity index (χ3v) is 6.44. The van der Waals surface area contributed by atoms with Crippen LogP contribution in [0.4, 0.5) is 0 Å². The van der Waals surface area contributed by atoms with Crippen LogP contribution in [-0.2, 0) is 15.0 Å². The smallest absolute Gasteiger partial charge is 0.303 e. The molecule has 7 heteroatoms. The minimum atomic E-state index is -3.34. The predicted octanol–water partition coefficient (Wildman–Crippen LogP) is 1.15. The van der Waals surface area contributed by atoms with Crippen LogP contribution >= 0.6 is 0 Å². The summed E-state index contributed by atoms with van der Waals surface area (Å²) >= 11 is 0. The average Bonchev–Trinajstić information content (AvgIpc) is 2.92. The van der Waals surface area contributed by atoms with E-state index < -0.39 is 16.2 Å². The second-order valence-electron chi connectivity index (χ2n) is 5.95. The van der Waals surface area contributed by atoms with Gasteiger partial charge in [-0.1, -0.05) is 6.92 Å². The number of hydrogen-bond acceptors (Lipinski definition) is 3. The van der Waals surface area contributed by atoms with Gasteiger partial charge >= 0.3 is 5.97 Å². The van der Waals surface area contributed by atoms with Crippen molar-refractivity contribution in [2.24, 2.45) is 11.8 Å². The maximum Gasteiger partial charge on any atom is 0.303 e. The van der Waals surface area contributed by atoms with Crippen molar-refractivity contribution < 1.29 is 18.3 Å². The van der Waals surface area contributed by atoms with E-state index in [0.717, 1.165) is 25.7 Å². The molecule has 0 spiro atoms. The van der Waals surface area contributed by atoms with E-state index in [1.165, 1.54) is 0 Å². The molecule has 2 fully saturated rings. The number of nitrogens with zero attached hydrogens (tertiary/aromatic N) is 2. The first-order chi connectivity index (χ1) is 9.41. The fourth-order valence-electron chi connectivity index (χ4n) is 3.17. The molecule has 0 saturated carbocycles. The number of carboxylic acids is 1. The largest absolute Gasteiger partial charge is 0.481 e. The van der Waals surface area contributed by atoms with Crippen LogP contribution in [0.25, 0.3) is 0 Å². The summed E-state index contributed by atoms with van der Waals surface area (Å²) in [5.74, 6) is -0.640. The monoisotopic (exact) mass is 304 g/mol. The predicted molar refractivity (Wildman–Crippen MR) is 75.4 cm³/mol. The Balaban J connectivity index is 2.00. The summed E-state index contributed by atoms with van der Waals surface area (Å²) < 4.78 is 28.2. The molecule has 0 aliphatic carbocycles. The lowest BCUT2D eigenvalue weighted by Crippen LogP contribution is -2.48. The van der Waals surface area contributed by atoms with Gasteiger partial charge in [-0.2, -0.15) is 17.0 Å². The molecule has 116 valence electrons. The van der Waals surface area contributed by atoms with Crippen LogP contribution < -0.4 is 0 Å². The fourth-order valence-corrected chi connectivity index (χ4v) is 4.96. The van der Waals surface area contributed by atoms with Gasteiger partial charge in [0, 0.05) is 32.6 Å². The van der Waals surface area contributed by atoms with E-state index in [4.69, 9.17) is 5.11 Å². The maximum atomic E-state index is 12.5. The Morgan fingerprint density at radius 3 is 2.40 bits per heavy atom. The molecule has 2 atom stereocenters.